The summed E-state index contributed by atoms with van der Waals surface area (Å²) in [6.07, 6.45) is 3.45. The van der Waals surface area contributed by atoms with Crippen molar-refractivity contribution in [2.24, 2.45) is 0 Å². The van der Waals surface area contributed by atoms with E-state index >= 15 is 0 Å². The largest absolute Gasteiger partial charge is 0.337 e. The molecule has 0 bridgehead atoms. The SMILES string of the molecule is CC(C)N1CCCN(C(=O)c2ccccn2)c2cc(F)ccc2CN(C(=O)CCCc2nc3ccccc3c(=O)[nH]2)CC1. The molecular weight excluding hydrogens is 547 g/mol. The summed E-state index contributed by atoms with van der Waals surface area (Å²) in [6, 6.07) is 17.0. The predicted molar refractivity (Wildman–Crippen MR) is 164 cm³/mol. The van der Waals surface area contributed by atoms with Crippen LogP contribution in [0.2, 0.25) is 0 Å². The molecular formula is C33H37FN6O3. The molecule has 0 radical (unpaired) electrons. The summed E-state index contributed by atoms with van der Waals surface area (Å²) in [5.41, 5.74) is 1.85. The lowest BCUT2D eigenvalue weighted by atomic mass is 10.1. The van der Waals surface area contributed by atoms with Gasteiger partial charge in [-0.15, -0.1) is 0 Å². The van der Waals surface area contributed by atoms with Gasteiger partial charge in [-0.25, -0.2) is 9.37 Å². The van der Waals surface area contributed by atoms with Crippen molar-refractivity contribution in [3.8, 4) is 0 Å². The first-order valence-corrected chi connectivity index (χ1v) is 14.8. The zero-order valence-corrected chi connectivity index (χ0v) is 24.6. The number of rotatable bonds is 6. The standard InChI is InChI=1S/C33H37FN6O3/c1-23(2)38-17-8-18-40(33(43)28-11-5-6-16-35-28)29-21-25(34)15-14-24(29)22-39(20-19-38)31(41)13-7-12-30-36-27-10-4-3-9-26(27)32(42)37-30/h3-6,9-11,14-16,21,23H,7-8,12-13,17-20,22H2,1-2H3,(H,36,37,42). The third kappa shape index (κ3) is 7.32. The number of carbonyl (C=O) groups is 2. The van der Waals surface area contributed by atoms with E-state index < -0.39 is 5.82 Å². The van der Waals surface area contributed by atoms with Gasteiger partial charge in [-0.05, 0) is 68.7 Å². The molecule has 4 aromatic rings. The fraction of sp³-hybridized carbons (Fsp3) is 0.364. The molecule has 10 heteroatoms. The molecule has 0 unspecified atom stereocenters. The summed E-state index contributed by atoms with van der Waals surface area (Å²) in [4.78, 5) is 57.1. The van der Waals surface area contributed by atoms with E-state index in [-0.39, 0.29) is 42.1 Å². The number of nitrogens with zero attached hydrogens (tertiary/aromatic N) is 5. The van der Waals surface area contributed by atoms with E-state index in [1.165, 1.54) is 12.1 Å². The van der Waals surface area contributed by atoms with Crippen LogP contribution < -0.4 is 10.5 Å². The number of fused-ring (bicyclic) bond motifs is 2. The Hall–Kier alpha value is -4.44. The van der Waals surface area contributed by atoms with Gasteiger partial charge in [-0.1, -0.05) is 24.3 Å². The van der Waals surface area contributed by atoms with Gasteiger partial charge in [0.1, 0.15) is 17.3 Å². The topological polar surface area (TPSA) is 102 Å². The van der Waals surface area contributed by atoms with Crippen LogP contribution in [0, 0.1) is 5.82 Å². The highest BCUT2D eigenvalue weighted by atomic mass is 19.1. The van der Waals surface area contributed by atoms with E-state index in [0.717, 1.165) is 6.54 Å². The zero-order valence-electron chi connectivity index (χ0n) is 24.6. The third-order valence-corrected chi connectivity index (χ3v) is 7.86. The Bertz CT molecular complexity index is 1640. The Labute approximate surface area is 250 Å². The molecule has 0 aliphatic carbocycles. The predicted octanol–water partition coefficient (Wildman–Crippen LogP) is 4.57. The molecule has 2 aromatic heterocycles. The number of hydrogen-bond donors (Lipinski definition) is 1. The van der Waals surface area contributed by atoms with Crippen molar-refractivity contribution < 1.29 is 14.0 Å². The Balaban J connectivity index is 1.39. The number of benzene rings is 2. The molecule has 2 aromatic carbocycles. The van der Waals surface area contributed by atoms with E-state index in [9.17, 15) is 18.8 Å². The molecule has 9 nitrogen and oxygen atoms in total. The van der Waals surface area contributed by atoms with E-state index in [1.54, 1.807) is 58.5 Å². The maximum Gasteiger partial charge on any atom is 0.276 e. The van der Waals surface area contributed by atoms with Crippen molar-refractivity contribution in [1.29, 1.82) is 0 Å². The summed E-state index contributed by atoms with van der Waals surface area (Å²) >= 11 is 0. The first kappa shape index (κ1) is 30.0. The molecule has 0 atom stereocenters. The second-order valence-electron chi connectivity index (χ2n) is 11.1. The van der Waals surface area contributed by atoms with Crippen LogP contribution in [0.5, 0.6) is 0 Å². The van der Waals surface area contributed by atoms with Gasteiger partial charge in [0.05, 0.1) is 16.6 Å². The summed E-state index contributed by atoms with van der Waals surface area (Å²) in [7, 11) is 0. The number of H-pyrrole nitrogens is 1. The molecule has 1 aliphatic rings. The minimum absolute atomic E-state index is 0.0519. The van der Waals surface area contributed by atoms with Crippen molar-refractivity contribution in [2.45, 2.75) is 52.1 Å². The second-order valence-corrected chi connectivity index (χ2v) is 11.1. The molecule has 5 rings (SSSR count). The zero-order chi connectivity index (χ0) is 30.3. The van der Waals surface area contributed by atoms with Gasteiger partial charge in [-0.3, -0.25) is 24.3 Å². The van der Waals surface area contributed by atoms with Crippen LogP contribution in [0.15, 0.2) is 71.7 Å². The van der Waals surface area contributed by atoms with Gasteiger partial charge >= 0.3 is 0 Å². The maximum atomic E-state index is 14.6. The molecule has 0 saturated heterocycles. The van der Waals surface area contributed by atoms with Gasteiger partial charge < -0.3 is 14.8 Å². The Morgan fingerprint density at radius 2 is 1.81 bits per heavy atom. The molecule has 43 heavy (non-hydrogen) atoms. The summed E-state index contributed by atoms with van der Waals surface area (Å²) in [5, 5.41) is 0.534. The van der Waals surface area contributed by atoms with Gasteiger partial charge in [0.15, 0.2) is 0 Å². The normalized spacial score (nSPS) is 14.9. The van der Waals surface area contributed by atoms with Gasteiger partial charge in [0.2, 0.25) is 5.91 Å². The lowest BCUT2D eigenvalue weighted by molar-refractivity contribution is -0.132. The third-order valence-electron chi connectivity index (χ3n) is 7.86. The van der Waals surface area contributed by atoms with Gasteiger partial charge in [0, 0.05) is 57.8 Å². The molecule has 1 N–H and O–H groups in total. The maximum absolute atomic E-state index is 14.6. The first-order valence-electron chi connectivity index (χ1n) is 14.8. The molecule has 0 fully saturated rings. The van der Waals surface area contributed by atoms with Crippen molar-refractivity contribution in [1.82, 2.24) is 24.8 Å². The minimum atomic E-state index is -0.453. The molecule has 224 valence electrons. The second kappa shape index (κ2) is 13.7. The number of aromatic amines is 1. The fourth-order valence-corrected chi connectivity index (χ4v) is 5.51. The van der Waals surface area contributed by atoms with Crippen molar-refractivity contribution in [3.63, 3.8) is 0 Å². The van der Waals surface area contributed by atoms with E-state index in [4.69, 9.17) is 0 Å². The molecule has 3 heterocycles. The number of pyridine rings is 1. The van der Waals surface area contributed by atoms with Crippen LogP contribution in [-0.2, 0) is 17.8 Å². The van der Waals surface area contributed by atoms with Crippen LogP contribution in [-0.4, -0.2) is 68.8 Å². The van der Waals surface area contributed by atoms with Crippen molar-refractivity contribution in [3.05, 3.63) is 100 Å². The van der Waals surface area contributed by atoms with Crippen molar-refractivity contribution in [2.75, 3.05) is 31.1 Å². The average Bonchev–Trinajstić information content (AvgIpc) is 3.04. The number of hydrogen-bond acceptors (Lipinski definition) is 6. The quantitative estimate of drug-likeness (QED) is 0.356. The molecule has 0 spiro atoms. The lowest BCUT2D eigenvalue weighted by Gasteiger charge is -2.30. The molecule has 1 aliphatic heterocycles. The Kier molecular flexibility index (Phi) is 9.56. The van der Waals surface area contributed by atoms with E-state index in [1.807, 2.05) is 6.07 Å². The number of anilines is 1. The van der Waals surface area contributed by atoms with Crippen molar-refractivity contribution >= 4 is 28.4 Å². The smallest absolute Gasteiger partial charge is 0.276 e. The molecule has 0 saturated carbocycles. The number of nitrogens with one attached hydrogen (secondary N) is 1. The van der Waals surface area contributed by atoms with Crippen LogP contribution in [0.4, 0.5) is 10.1 Å². The lowest BCUT2D eigenvalue weighted by Crippen LogP contribution is -2.41. The fourth-order valence-electron chi connectivity index (χ4n) is 5.51. The van der Waals surface area contributed by atoms with E-state index in [2.05, 4.69) is 33.7 Å². The van der Waals surface area contributed by atoms with E-state index in [0.29, 0.717) is 66.9 Å². The average molecular weight is 585 g/mol. The van der Waals surface area contributed by atoms with Crippen LogP contribution >= 0.6 is 0 Å². The Morgan fingerprint density at radius 3 is 2.60 bits per heavy atom. The number of para-hydroxylation sites is 1. The highest BCUT2D eigenvalue weighted by molar-refractivity contribution is 6.05. The number of amides is 2. The monoisotopic (exact) mass is 584 g/mol. The van der Waals surface area contributed by atoms with Gasteiger partial charge in [0.25, 0.3) is 11.5 Å². The highest BCUT2D eigenvalue weighted by Gasteiger charge is 2.26. The van der Waals surface area contributed by atoms with Crippen LogP contribution in [0.1, 0.15) is 55.0 Å². The summed E-state index contributed by atoms with van der Waals surface area (Å²) < 4.78 is 14.6. The van der Waals surface area contributed by atoms with Gasteiger partial charge in [-0.2, -0.15) is 0 Å². The first-order chi connectivity index (χ1) is 20.8. The number of carbonyl (C=O) groups excluding carboxylic acids is 2. The van der Waals surface area contributed by atoms with Crippen LogP contribution in [0.3, 0.4) is 0 Å². The summed E-state index contributed by atoms with van der Waals surface area (Å²) in [6.45, 7) is 6.74. The Morgan fingerprint density at radius 1 is 1.00 bits per heavy atom. The molecule has 2 amide bonds. The minimum Gasteiger partial charge on any atom is -0.337 e. The number of aryl methyl sites for hydroxylation is 1. The number of aromatic nitrogens is 3. The highest BCUT2D eigenvalue weighted by Crippen LogP contribution is 2.27. The van der Waals surface area contributed by atoms with Crippen LogP contribution in [0.25, 0.3) is 10.9 Å². The number of halogens is 1. The summed E-state index contributed by atoms with van der Waals surface area (Å²) in [5.74, 6) is -0.267.